The average molecular weight is 300 g/mol. The lowest BCUT2D eigenvalue weighted by Crippen LogP contribution is -2.28. The van der Waals surface area contributed by atoms with Crippen LogP contribution in [0, 0.1) is 6.92 Å². The van der Waals surface area contributed by atoms with Gasteiger partial charge in [0, 0.05) is 27.2 Å². The lowest BCUT2D eigenvalue weighted by molar-refractivity contribution is 0.0775. The molecule has 0 radical (unpaired) electrons. The van der Waals surface area contributed by atoms with Crippen LogP contribution in [0.1, 0.15) is 27.3 Å². The van der Waals surface area contributed by atoms with E-state index in [1.54, 1.807) is 15.8 Å². The summed E-state index contributed by atoms with van der Waals surface area (Å²) in [5, 5.41) is 0. The Morgan fingerprint density at radius 3 is 2.09 bits per heavy atom. The van der Waals surface area contributed by atoms with Crippen molar-refractivity contribution in [2.24, 2.45) is 7.05 Å². The Bertz CT molecular complexity index is 624. The zero-order valence-electron chi connectivity index (χ0n) is 14.0. The molecule has 1 heterocycles. The summed E-state index contributed by atoms with van der Waals surface area (Å²) in [7, 11) is 7.77. The molecule has 1 aromatic carbocycles. The summed E-state index contributed by atoms with van der Waals surface area (Å²) >= 11 is 0. The Morgan fingerprint density at radius 1 is 1.09 bits per heavy atom. The molecule has 0 saturated heterocycles. The van der Waals surface area contributed by atoms with Crippen molar-refractivity contribution in [2.45, 2.75) is 20.0 Å². The van der Waals surface area contributed by atoms with E-state index in [2.05, 4.69) is 48.2 Å². The number of nitrogens with zero attached hydrogens (tertiary/aromatic N) is 4. The van der Waals surface area contributed by atoms with E-state index in [1.807, 2.05) is 21.0 Å². The first kappa shape index (κ1) is 16.2. The van der Waals surface area contributed by atoms with Crippen LogP contribution in [0.25, 0.3) is 0 Å². The second kappa shape index (κ2) is 6.75. The molecule has 5 heteroatoms. The molecule has 2 rings (SSSR count). The Labute approximate surface area is 132 Å². The summed E-state index contributed by atoms with van der Waals surface area (Å²) in [6.45, 7) is 3.37. The zero-order valence-corrected chi connectivity index (χ0v) is 14.0. The van der Waals surface area contributed by atoms with Crippen LogP contribution in [-0.4, -0.2) is 46.4 Å². The molecule has 0 aliphatic rings. The van der Waals surface area contributed by atoms with E-state index in [0.29, 0.717) is 12.2 Å². The molecule has 0 atom stereocenters. The number of amides is 1. The molecule has 0 fully saturated rings. The topological polar surface area (TPSA) is 41.4 Å². The zero-order chi connectivity index (χ0) is 16.3. The number of carbonyl (C=O) groups excluding carboxylic acids is 1. The Hall–Kier alpha value is -2.14. The van der Waals surface area contributed by atoms with Crippen LogP contribution in [-0.2, 0) is 20.1 Å². The number of benzene rings is 1. The lowest BCUT2D eigenvalue weighted by atomic mass is 10.1. The van der Waals surface area contributed by atoms with Gasteiger partial charge in [-0.1, -0.05) is 24.3 Å². The van der Waals surface area contributed by atoms with Gasteiger partial charge in [-0.25, -0.2) is 4.98 Å². The van der Waals surface area contributed by atoms with E-state index in [4.69, 9.17) is 0 Å². The van der Waals surface area contributed by atoms with Gasteiger partial charge in [-0.2, -0.15) is 0 Å². The molecule has 0 bridgehead atoms. The number of imidazole rings is 1. The first-order valence-corrected chi connectivity index (χ1v) is 7.34. The minimum absolute atomic E-state index is 0.00475. The molecule has 0 N–H and O–H groups in total. The van der Waals surface area contributed by atoms with Crippen molar-refractivity contribution in [3.63, 3.8) is 0 Å². The van der Waals surface area contributed by atoms with E-state index in [9.17, 15) is 4.79 Å². The average Bonchev–Trinajstić information content (AvgIpc) is 2.79. The summed E-state index contributed by atoms with van der Waals surface area (Å²) in [4.78, 5) is 20.6. The largest absolute Gasteiger partial charge is 0.336 e. The Kier molecular flexibility index (Phi) is 4.98. The number of aromatic nitrogens is 2. The van der Waals surface area contributed by atoms with Gasteiger partial charge < -0.3 is 14.4 Å². The van der Waals surface area contributed by atoms with Crippen LogP contribution < -0.4 is 0 Å². The minimum Gasteiger partial charge on any atom is -0.336 e. The molecule has 0 saturated carbocycles. The van der Waals surface area contributed by atoms with Crippen molar-refractivity contribution >= 4 is 5.91 Å². The third kappa shape index (κ3) is 3.74. The Balaban J connectivity index is 2.05. The third-order valence-corrected chi connectivity index (χ3v) is 3.61. The lowest BCUT2D eigenvalue weighted by Gasteiger charge is -2.18. The first-order valence-electron chi connectivity index (χ1n) is 7.34. The molecular weight excluding hydrogens is 276 g/mol. The normalized spacial score (nSPS) is 11.0. The highest BCUT2D eigenvalue weighted by molar-refractivity contribution is 5.93. The monoisotopic (exact) mass is 300 g/mol. The van der Waals surface area contributed by atoms with Crippen LogP contribution >= 0.6 is 0 Å². The van der Waals surface area contributed by atoms with Gasteiger partial charge in [-0.05, 0) is 32.1 Å². The van der Waals surface area contributed by atoms with E-state index >= 15 is 0 Å². The molecular formula is C17H24N4O. The molecule has 0 unspecified atom stereocenters. The Morgan fingerprint density at radius 2 is 1.64 bits per heavy atom. The van der Waals surface area contributed by atoms with Crippen LogP contribution in [0.4, 0.5) is 0 Å². The van der Waals surface area contributed by atoms with Crippen LogP contribution in [0.3, 0.4) is 0 Å². The minimum atomic E-state index is -0.00475. The highest BCUT2D eigenvalue weighted by Gasteiger charge is 2.18. The van der Waals surface area contributed by atoms with Gasteiger partial charge >= 0.3 is 0 Å². The van der Waals surface area contributed by atoms with E-state index in [0.717, 1.165) is 17.8 Å². The highest BCUT2D eigenvalue weighted by Crippen LogP contribution is 2.12. The molecule has 2 aromatic rings. The summed E-state index contributed by atoms with van der Waals surface area (Å²) in [6.07, 6.45) is 1.67. The fourth-order valence-corrected chi connectivity index (χ4v) is 2.49. The van der Waals surface area contributed by atoms with E-state index < -0.39 is 0 Å². The second-order valence-electron chi connectivity index (χ2n) is 6.00. The predicted octanol–water partition coefficient (Wildman–Crippen LogP) is 2.06. The number of rotatable bonds is 5. The van der Waals surface area contributed by atoms with Crippen molar-refractivity contribution in [3.05, 3.63) is 53.1 Å². The maximum Gasteiger partial charge on any atom is 0.272 e. The van der Waals surface area contributed by atoms with Crippen molar-refractivity contribution in [3.8, 4) is 0 Å². The maximum atomic E-state index is 12.5. The van der Waals surface area contributed by atoms with Crippen LogP contribution in [0.15, 0.2) is 30.6 Å². The van der Waals surface area contributed by atoms with E-state index in [-0.39, 0.29) is 5.91 Å². The van der Waals surface area contributed by atoms with Gasteiger partial charge in [0.2, 0.25) is 0 Å². The van der Waals surface area contributed by atoms with Crippen molar-refractivity contribution < 1.29 is 4.79 Å². The van der Waals surface area contributed by atoms with Crippen molar-refractivity contribution in [1.29, 1.82) is 0 Å². The fraction of sp³-hybridized carbons (Fsp3) is 0.412. The third-order valence-electron chi connectivity index (χ3n) is 3.61. The SMILES string of the molecule is Cc1ncn(C)c1C(=O)N(C)Cc1ccc(CN(C)C)cc1. The summed E-state index contributed by atoms with van der Waals surface area (Å²) in [5.74, 6) is -0.00475. The number of carbonyl (C=O) groups is 1. The first-order chi connectivity index (χ1) is 10.4. The van der Waals surface area contributed by atoms with Gasteiger partial charge in [0.05, 0.1) is 12.0 Å². The van der Waals surface area contributed by atoms with Gasteiger partial charge in [0.15, 0.2) is 0 Å². The van der Waals surface area contributed by atoms with Crippen molar-refractivity contribution in [1.82, 2.24) is 19.4 Å². The molecule has 1 aromatic heterocycles. The quantitative estimate of drug-likeness (QED) is 0.849. The van der Waals surface area contributed by atoms with Crippen LogP contribution in [0.5, 0.6) is 0 Å². The fourth-order valence-electron chi connectivity index (χ4n) is 2.49. The number of hydrogen-bond donors (Lipinski definition) is 0. The molecule has 118 valence electrons. The predicted molar refractivity (Wildman–Crippen MR) is 87.6 cm³/mol. The standard InChI is InChI=1S/C17H24N4O/c1-13-16(21(5)12-18-13)17(22)20(4)11-15-8-6-14(7-9-15)10-19(2)3/h6-9,12H,10-11H2,1-5H3. The molecule has 1 amide bonds. The maximum absolute atomic E-state index is 12.5. The second-order valence-corrected chi connectivity index (χ2v) is 6.00. The molecule has 0 aliphatic heterocycles. The van der Waals surface area contributed by atoms with Gasteiger partial charge in [-0.3, -0.25) is 4.79 Å². The smallest absolute Gasteiger partial charge is 0.272 e. The molecule has 22 heavy (non-hydrogen) atoms. The molecule has 0 spiro atoms. The molecule has 5 nitrogen and oxygen atoms in total. The summed E-state index contributed by atoms with van der Waals surface area (Å²) < 4.78 is 1.77. The highest BCUT2D eigenvalue weighted by atomic mass is 16.2. The summed E-state index contributed by atoms with van der Waals surface area (Å²) in [6, 6.07) is 8.39. The number of aryl methyl sites for hydroxylation is 2. The van der Waals surface area contributed by atoms with E-state index in [1.165, 1.54) is 5.56 Å². The van der Waals surface area contributed by atoms with Crippen molar-refractivity contribution in [2.75, 3.05) is 21.1 Å². The summed E-state index contributed by atoms with van der Waals surface area (Å²) in [5.41, 5.74) is 3.80. The van der Waals surface area contributed by atoms with Gasteiger partial charge in [0.1, 0.15) is 5.69 Å². The van der Waals surface area contributed by atoms with Gasteiger partial charge in [-0.15, -0.1) is 0 Å². The van der Waals surface area contributed by atoms with Crippen LogP contribution in [0.2, 0.25) is 0 Å². The number of hydrogen-bond acceptors (Lipinski definition) is 3. The molecule has 0 aliphatic carbocycles. The van der Waals surface area contributed by atoms with Gasteiger partial charge in [0.25, 0.3) is 5.91 Å².